The van der Waals surface area contributed by atoms with Gasteiger partial charge >= 0.3 is 5.97 Å². The van der Waals surface area contributed by atoms with Crippen LogP contribution in [-0.2, 0) is 4.74 Å². The number of nitro groups is 1. The predicted octanol–water partition coefficient (Wildman–Crippen LogP) is 2.78. The molecule has 2 rings (SSSR count). The van der Waals surface area contributed by atoms with E-state index in [2.05, 4.69) is 4.98 Å². The Hall–Kier alpha value is -3.29. The monoisotopic (exact) mass is 344 g/mol. The van der Waals surface area contributed by atoms with Gasteiger partial charge in [0.1, 0.15) is 0 Å². The Labute approximate surface area is 143 Å². The number of rotatable bonds is 6. The highest BCUT2D eigenvalue weighted by Crippen LogP contribution is 2.19. The van der Waals surface area contributed by atoms with Gasteiger partial charge in [-0.3, -0.25) is 19.7 Å². The molecule has 0 saturated carbocycles. The van der Waals surface area contributed by atoms with E-state index in [9.17, 15) is 24.5 Å². The lowest BCUT2D eigenvalue weighted by Crippen LogP contribution is -2.15. The van der Waals surface area contributed by atoms with E-state index in [1.807, 2.05) is 0 Å². The molecule has 0 saturated heterocycles. The van der Waals surface area contributed by atoms with Crippen LogP contribution in [0, 0.1) is 24.0 Å². The number of nitrogens with one attached hydrogen (secondary N) is 1. The topological polar surface area (TPSA) is 119 Å². The first-order valence-corrected chi connectivity index (χ1v) is 7.37. The summed E-state index contributed by atoms with van der Waals surface area (Å²) in [5.41, 5.74) is 1.44. The molecule has 0 atom stereocenters. The highest BCUT2D eigenvalue weighted by Gasteiger charge is 2.21. The second kappa shape index (κ2) is 7.08. The lowest BCUT2D eigenvalue weighted by atomic mass is 10.1. The zero-order valence-electron chi connectivity index (χ0n) is 13.9. The van der Waals surface area contributed by atoms with Gasteiger partial charge in [-0.2, -0.15) is 0 Å². The minimum absolute atomic E-state index is 0.0224. The minimum atomic E-state index is -0.843. The standard InChI is InChI=1S/C17H16N2O6/c1-9-15(11(3)20)10(2)18-16(9)14(21)8-25-17(22)12-5-4-6-13(7-12)19(23)24/h4-7,18H,8H2,1-3H3. The van der Waals surface area contributed by atoms with Gasteiger partial charge < -0.3 is 9.72 Å². The number of ketones is 2. The van der Waals surface area contributed by atoms with Crippen LogP contribution in [0.5, 0.6) is 0 Å². The van der Waals surface area contributed by atoms with Crippen molar-refractivity contribution in [2.24, 2.45) is 0 Å². The van der Waals surface area contributed by atoms with Crippen molar-refractivity contribution in [3.05, 3.63) is 62.5 Å². The Morgan fingerprint density at radius 2 is 1.92 bits per heavy atom. The minimum Gasteiger partial charge on any atom is -0.454 e. The molecule has 25 heavy (non-hydrogen) atoms. The van der Waals surface area contributed by atoms with Crippen LogP contribution in [0.3, 0.4) is 0 Å². The number of benzene rings is 1. The first kappa shape index (κ1) is 18.1. The summed E-state index contributed by atoms with van der Waals surface area (Å²) in [6, 6.07) is 5.03. The number of hydrogen-bond acceptors (Lipinski definition) is 6. The lowest BCUT2D eigenvalue weighted by molar-refractivity contribution is -0.384. The number of carbonyl (C=O) groups excluding carboxylic acids is 3. The first-order chi connectivity index (χ1) is 11.7. The molecule has 0 bridgehead atoms. The summed E-state index contributed by atoms with van der Waals surface area (Å²) in [5.74, 6) is -1.50. The molecule has 0 radical (unpaired) electrons. The summed E-state index contributed by atoms with van der Waals surface area (Å²) in [7, 11) is 0. The third kappa shape index (κ3) is 3.79. The Kier molecular flexibility index (Phi) is 5.11. The Morgan fingerprint density at radius 3 is 2.48 bits per heavy atom. The van der Waals surface area contributed by atoms with E-state index in [0.717, 1.165) is 6.07 Å². The normalized spacial score (nSPS) is 10.4. The van der Waals surface area contributed by atoms with Crippen molar-refractivity contribution in [2.75, 3.05) is 6.61 Å². The van der Waals surface area contributed by atoms with Crippen LogP contribution in [0.4, 0.5) is 5.69 Å². The van der Waals surface area contributed by atoms with Gasteiger partial charge in [-0.05, 0) is 32.4 Å². The number of non-ortho nitro benzene ring substituents is 1. The molecule has 1 aromatic carbocycles. The van der Waals surface area contributed by atoms with Crippen LogP contribution < -0.4 is 0 Å². The molecule has 0 amide bonds. The average Bonchev–Trinajstić information content (AvgIpc) is 2.87. The molecule has 2 aromatic rings. The van der Waals surface area contributed by atoms with Crippen LogP contribution in [0.2, 0.25) is 0 Å². The number of ether oxygens (including phenoxy) is 1. The van der Waals surface area contributed by atoms with E-state index in [-0.39, 0.29) is 22.7 Å². The average molecular weight is 344 g/mol. The fourth-order valence-corrected chi connectivity index (χ4v) is 2.59. The summed E-state index contributed by atoms with van der Waals surface area (Å²) in [6.45, 7) is 4.17. The van der Waals surface area contributed by atoms with E-state index in [1.165, 1.54) is 25.1 Å². The van der Waals surface area contributed by atoms with Crippen LogP contribution >= 0.6 is 0 Å². The Morgan fingerprint density at radius 1 is 1.24 bits per heavy atom. The van der Waals surface area contributed by atoms with Gasteiger partial charge in [0.25, 0.3) is 5.69 Å². The van der Waals surface area contributed by atoms with E-state index >= 15 is 0 Å². The van der Waals surface area contributed by atoms with Crippen molar-refractivity contribution in [1.82, 2.24) is 4.98 Å². The van der Waals surface area contributed by atoms with Crippen molar-refractivity contribution in [3.63, 3.8) is 0 Å². The third-order valence-electron chi connectivity index (χ3n) is 3.70. The molecule has 1 heterocycles. The van der Waals surface area contributed by atoms with Gasteiger partial charge in [0, 0.05) is 23.4 Å². The van der Waals surface area contributed by atoms with Crippen LogP contribution in [0.25, 0.3) is 0 Å². The number of aryl methyl sites for hydroxylation is 1. The second-order valence-corrected chi connectivity index (χ2v) is 5.49. The van der Waals surface area contributed by atoms with Gasteiger partial charge in [-0.25, -0.2) is 4.79 Å². The maximum Gasteiger partial charge on any atom is 0.338 e. The molecular weight excluding hydrogens is 328 g/mol. The smallest absolute Gasteiger partial charge is 0.338 e. The maximum absolute atomic E-state index is 12.2. The molecule has 0 fully saturated rings. The summed E-state index contributed by atoms with van der Waals surface area (Å²) in [5, 5.41) is 10.7. The molecule has 8 heteroatoms. The zero-order valence-corrected chi connectivity index (χ0v) is 13.9. The van der Waals surface area contributed by atoms with Gasteiger partial charge in [-0.15, -0.1) is 0 Å². The van der Waals surface area contributed by atoms with Crippen molar-refractivity contribution in [2.45, 2.75) is 20.8 Å². The molecular formula is C17H16N2O6. The van der Waals surface area contributed by atoms with E-state index < -0.39 is 23.3 Å². The first-order valence-electron chi connectivity index (χ1n) is 7.37. The summed E-state index contributed by atoms with van der Waals surface area (Å²) < 4.78 is 4.93. The number of esters is 1. The fourth-order valence-electron chi connectivity index (χ4n) is 2.59. The summed E-state index contributed by atoms with van der Waals surface area (Å²) >= 11 is 0. The highest BCUT2D eigenvalue weighted by molar-refractivity contribution is 6.04. The number of Topliss-reactive ketones (excluding diaryl/α,β-unsaturated/α-hetero) is 2. The molecule has 8 nitrogen and oxygen atoms in total. The Bertz CT molecular complexity index is 881. The van der Waals surface area contributed by atoms with Gasteiger partial charge in [0.15, 0.2) is 12.4 Å². The largest absolute Gasteiger partial charge is 0.454 e. The number of aromatic amines is 1. The number of H-pyrrole nitrogens is 1. The molecule has 1 N–H and O–H groups in total. The summed E-state index contributed by atoms with van der Waals surface area (Å²) in [6.07, 6.45) is 0. The SMILES string of the molecule is CC(=O)c1c(C)[nH]c(C(=O)COC(=O)c2cccc([N+](=O)[O-])c2)c1C. The van der Waals surface area contributed by atoms with Crippen molar-refractivity contribution < 1.29 is 24.0 Å². The van der Waals surface area contributed by atoms with Crippen LogP contribution in [0.15, 0.2) is 24.3 Å². The Balaban J connectivity index is 2.11. The van der Waals surface area contributed by atoms with Gasteiger partial charge in [0.2, 0.25) is 5.78 Å². The molecule has 0 aliphatic heterocycles. The van der Waals surface area contributed by atoms with E-state index in [1.54, 1.807) is 13.8 Å². The lowest BCUT2D eigenvalue weighted by Gasteiger charge is -2.04. The molecule has 0 unspecified atom stereocenters. The van der Waals surface area contributed by atoms with Gasteiger partial charge in [0.05, 0.1) is 16.2 Å². The van der Waals surface area contributed by atoms with Crippen LogP contribution in [-0.4, -0.2) is 34.0 Å². The zero-order chi connectivity index (χ0) is 18.7. The third-order valence-corrected chi connectivity index (χ3v) is 3.70. The molecule has 0 aliphatic carbocycles. The van der Waals surface area contributed by atoms with Crippen LogP contribution in [0.1, 0.15) is 49.4 Å². The predicted molar refractivity (Wildman–Crippen MR) is 88.0 cm³/mol. The maximum atomic E-state index is 12.2. The van der Waals surface area contributed by atoms with Crippen molar-refractivity contribution >= 4 is 23.2 Å². The van der Waals surface area contributed by atoms with Crippen molar-refractivity contribution in [3.8, 4) is 0 Å². The highest BCUT2D eigenvalue weighted by atomic mass is 16.6. The molecule has 1 aromatic heterocycles. The molecule has 0 spiro atoms. The fraction of sp³-hybridized carbons (Fsp3) is 0.235. The summed E-state index contributed by atoms with van der Waals surface area (Å²) in [4.78, 5) is 48.7. The molecule has 130 valence electrons. The van der Waals surface area contributed by atoms with Gasteiger partial charge in [-0.1, -0.05) is 6.07 Å². The van der Waals surface area contributed by atoms with E-state index in [4.69, 9.17) is 4.74 Å². The number of hydrogen-bond donors (Lipinski definition) is 1. The quantitative estimate of drug-likeness (QED) is 0.372. The van der Waals surface area contributed by atoms with Crippen molar-refractivity contribution in [1.29, 1.82) is 0 Å². The molecule has 0 aliphatic rings. The number of nitro benzene ring substituents is 1. The number of aromatic nitrogens is 1. The van der Waals surface area contributed by atoms with E-state index in [0.29, 0.717) is 16.8 Å². The number of nitrogens with zero attached hydrogens (tertiary/aromatic N) is 1. The second-order valence-electron chi connectivity index (χ2n) is 5.49. The number of carbonyl (C=O) groups is 3.